The van der Waals surface area contributed by atoms with Crippen LogP contribution in [0.3, 0.4) is 0 Å². The van der Waals surface area contributed by atoms with Crippen LogP contribution in [0.15, 0.2) is 48.5 Å². The summed E-state index contributed by atoms with van der Waals surface area (Å²) in [5, 5.41) is 14.7. The molecule has 6 nitrogen and oxygen atoms in total. The number of carboxylic acids is 1. The highest BCUT2D eigenvalue weighted by molar-refractivity contribution is 5.82. The van der Waals surface area contributed by atoms with Crippen molar-refractivity contribution in [1.29, 1.82) is 0 Å². The van der Waals surface area contributed by atoms with Crippen molar-refractivity contribution in [1.82, 2.24) is 10.6 Å². The smallest absolute Gasteiger partial charge is 0.326 e. The average molecular weight is 411 g/mol. The second-order valence-electron chi connectivity index (χ2n) is 7.74. The lowest BCUT2D eigenvalue weighted by Gasteiger charge is -2.14. The van der Waals surface area contributed by atoms with Crippen LogP contribution in [0, 0.1) is 0 Å². The van der Waals surface area contributed by atoms with Gasteiger partial charge in [0.2, 0.25) is 11.8 Å². The summed E-state index contributed by atoms with van der Waals surface area (Å²) >= 11 is 0. The lowest BCUT2D eigenvalue weighted by Crippen LogP contribution is -2.41. The predicted octanol–water partition coefficient (Wildman–Crippen LogP) is 2.67. The summed E-state index contributed by atoms with van der Waals surface area (Å²) in [5.41, 5.74) is 4.40. The molecular formula is C24H30N2O4. The van der Waals surface area contributed by atoms with Gasteiger partial charge >= 0.3 is 5.97 Å². The second kappa shape index (κ2) is 11.1. The normalized spacial score (nSPS) is 12.6. The largest absolute Gasteiger partial charge is 0.480 e. The Morgan fingerprint density at radius 2 is 1.27 bits per heavy atom. The van der Waals surface area contributed by atoms with Crippen molar-refractivity contribution < 1.29 is 19.5 Å². The maximum Gasteiger partial charge on any atom is 0.326 e. The first-order valence-electron chi connectivity index (χ1n) is 10.2. The number of carbonyl (C=O) groups excluding carboxylic acids is 2. The maximum absolute atomic E-state index is 11.4. The standard InChI is InChI=1S/C24H30N2O4/c1-16(25-17(2)27)12-21-8-4-6-19(13-21)10-11-20-7-5-9-22(14-20)15-23(24(29)30)26-18(3)28/h4-9,13-14,16,23H,10-12,15H2,1-3H3,(H,25,27)(H,26,28)(H,29,30). The van der Waals surface area contributed by atoms with Gasteiger partial charge in [-0.05, 0) is 48.4 Å². The van der Waals surface area contributed by atoms with E-state index in [-0.39, 0.29) is 24.3 Å². The van der Waals surface area contributed by atoms with E-state index in [1.54, 1.807) is 0 Å². The van der Waals surface area contributed by atoms with Crippen molar-refractivity contribution in [3.05, 3.63) is 70.8 Å². The molecule has 0 fully saturated rings. The fourth-order valence-electron chi connectivity index (χ4n) is 3.55. The number of nitrogens with one attached hydrogen (secondary N) is 2. The Hall–Kier alpha value is -3.15. The van der Waals surface area contributed by atoms with E-state index in [0.29, 0.717) is 0 Å². The first kappa shape index (κ1) is 23.1. The molecule has 0 aromatic heterocycles. The summed E-state index contributed by atoms with van der Waals surface area (Å²) in [7, 11) is 0. The minimum Gasteiger partial charge on any atom is -0.480 e. The van der Waals surface area contributed by atoms with E-state index in [1.165, 1.54) is 25.0 Å². The van der Waals surface area contributed by atoms with Gasteiger partial charge in [0.25, 0.3) is 0 Å². The Balaban J connectivity index is 1.98. The fourth-order valence-corrected chi connectivity index (χ4v) is 3.55. The molecule has 2 aromatic rings. The van der Waals surface area contributed by atoms with E-state index >= 15 is 0 Å². The van der Waals surface area contributed by atoms with Crippen LogP contribution in [0.25, 0.3) is 0 Å². The summed E-state index contributed by atoms with van der Waals surface area (Å²) in [6, 6.07) is 15.3. The number of hydrogen-bond acceptors (Lipinski definition) is 3. The summed E-state index contributed by atoms with van der Waals surface area (Å²) in [4.78, 5) is 33.8. The minimum atomic E-state index is -1.04. The molecule has 0 aliphatic rings. The molecule has 160 valence electrons. The van der Waals surface area contributed by atoms with Crippen LogP contribution in [0.4, 0.5) is 0 Å². The van der Waals surface area contributed by atoms with Crippen LogP contribution < -0.4 is 10.6 Å². The van der Waals surface area contributed by atoms with E-state index in [4.69, 9.17) is 0 Å². The molecule has 2 rings (SSSR count). The molecule has 0 heterocycles. The molecule has 0 spiro atoms. The second-order valence-corrected chi connectivity index (χ2v) is 7.74. The molecule has 2 unspecified atom stereocenters. The maximum atomic E-state index is 11.4. The van der Waals surface area contributed by atoms with Crippen LogP contribution in [0.5, 0.6) is 0 Å². The van der Waals surface area contributed by atoms with Crippen LogP contribution in [0.1, 0.15) is 43.0 Å². The Bertz CT molecular complexity index is 894. The van der Waals surface area contributed by atoms with E-state index in [0.717, 1.165) is 30.4 Å². The number of carboxylic acid groups (broad SMARTS) is 1. The third kappa shape index (κ3) is 8.07. The van der Waals surface area contributed by atoms with Crippen molar-refractivity contribution in [2.45, 2.75) is 58.5 Å². The van der Waals surface area contributed by atoms with Crippen LogP contribution in [-0.2, 0) is 40.1 Å². The number of benzene rings is 2. The van der Waals surface area contributed by atoms with Crippen LogP contribution >= 0.6 is 0 Å². The zero-order chi connectivity index (χ0) is 22.1. The van der Waals surface area contributed by atoms with Crippen LogP contribution in [0.2, 0.25) is 0 Å². The first-order valence-corrected chi connectivity index (χ1v) is 10.2. The first-order chi connectivity index (χ1) is 14.2. The highest BCUT2D eigenvalue weighted by Gasteiger charge is 2.18. The van der Waals surface area contributed by atoms with Crippen molar-refractivity contribution in [3.63, 3.8) is 0 Å². The molecular weight excluding hydrogens is 380 g/mol. The number of carbonyl (C=O) groups is 3. The quantitative estimate of drug-likeness (QED) is 0.561. The van der Waals surface area contributed by atoms with E-state index in [2.05, 4.69) is 28.8 Å². The molecule has 30 heavy (non-hydrogen) atoms. The lowest BCUT2D eigenvalue weighted by atomic mass is 9.97. The highest BCUT2D eigenvalue weighted by Crippen LogP contribution is 2.14. The molecule has 0 saturated carbocycles. The third-order valence-corrected chi connectivity index (χ3v) is 4.79. The molecule has 2 amide bonds. The fraction of sp³-hybridized carbons (Fsp3) is 0.375. The lowest BCUT2D eigenvalue weighted by molar-refractivity contribution is -0.141. The molecule has 0 radical (unpaired) electrons. The van der Waals surface area contributed by atoms with Crippen molar-refractivity contribution in [2.24, 2.45) is 0 Å². The topological polar surface area (TPSA) is 95.5 Å². The van der Waals surface area contributed by atoms with Gasteiger partial charge in [0, 0.05) is 26.3 Å². The SMILES string of the molecule is CC(=O)NC(C)Cc1cccc(CCc2cccc(CC(NC(C)=O)C(=O)O)c2)c1. The summed E-state index contributed by atoms with van der Waals surface area (Å²) < 4.78 is 0. The molecule has 2 aromatic carbocycles. The highest BCUT2D eigenvalue weighted by atomic mass is 16.4. The summed E-state index contributed by atoms with van der Waals surface area (Å²) in [6.45, 7) is 4.83. The van der Waals surface area contributed by atoms with Gasteiger partial charge in [0.05, 0.1) is 0 Å². The zero-order valence-electron chi connectivity index (χ0n) is 17.8. The van der Waals surface area contributed by atoms with Gasteiger partial charge < -0.3 is 15.7 Å². The monoisotopic (exact) mass is 410 g/mol. The number of rotatable bonds is 10. The third-order valence-electron chi connectivity index (χ3n) is 4.79. The van der Waals surface area contributed by atoms with Crippen molar-refractivity contribution >= 4 is 17.8 Å². The van der Waals surface area contributed by atoms with E-state index in [9.17, 15) is 19.5 Å². The Morgan fingerprint density at radius 3 is 1.73 bits per heavy atom. The number of amides is 2. The van der Waals surface area contributed by atoms with Gasteiger partial charge in [-0.25, -0.2) is 4.79 Å². The van der Waals surface area contributed by atoms with E-state index in [1.807, 2.05) is 37.3 Å². The van der Waals surface area contributed by atoms with E-state index < -0.39 is 12.0 Å². The number of aryl methyl sites for hydroxylation is 2. The van der Waals surface area contributed by atoms with Gasteiger partial charge in [-0.2, -0.15) is 0 Å². The van der Waals surface area contributed by atoms with Crippen molar-refractivity contribution in [3.8, 4) is 0 Å². The zero-order valence-corrected chi connectivity index (χ0v) is 17.8. The van der Waals surface area contributed by atoms with Crippen LogP contribution in [-0.4, -0.2) is 35.0 Å². The van der Waals surface area contributed by atoms with Gasteiger partial charge in [-0.3, -0.25) is 9.59 Å². The predicted molar refractivity (Wildman–Crippen MR) is 116 cm³/mol. The molecule has 0 saturated heterocycles. The molecule has 2 atom stereocenters. The molecule has 6 heteroatoms. The molecule has 0 aliphatic heterocycles. The summed E-state index contributed by atoms with van der Waals surface area (Å²) in [6.07, 6.45) is 2.72. The summed E-state index contributed by atoms with van der Waals surface area (Å²) in [5.74, 6) is -1.42. The van der Waals surface area contributed by atoms with Gasteiger partial charge in [-0.15, -0.1) is 0 Å². The Labute approximate surface area is 177 Å². The molecule has 0 bridgehead atoms. The Kier molecular flexibility index (Phi) is 8.59. The van der Waals surface area contributed by atoms with Gasteiger partial charge in [-0.1, -0.05) is 48.5 Å². The van der Waals surface area contributed by atoms with Gasteiger partial charge in [0.15, 0.2) is 0 Å². The average Bonchev–Trinajstić information content (AvgIpc) is 2.65. The van der Waals surface area contributed by atoms with Gasteiger partial charge in [0.1, 0.15) is 6.04 Å². The van der Waals surface area contributed by atoms with Crippen molar-refractivity contribution in [2.75, 3.05) is 0 Å². The molecule has 0 aliphatic carbocycles. The number of hydrogen-bond donors (Lipinski definition) is 3. The number of aliphatic carboxylic acids is 1. The minimum absolute atomic E-state index is 0.0258. The molecule has 3 N–H and O–H groups in total. The Morgan fingerprint density at radius 1 is 0.800 bits per heavy atom.